The molecule has 4 heteroatoms. The van der Waals surface area contributed by atoms with Gasteiger partial charge < -0.3 is 10.8 Å². The van der Waals surface area contributed by atoms with Gasteiger partial charge in [-0.15, -0.1) is 0 Å². The molecule has 3 N–H and O–H groups in total. The molecule has 0 unspecified atom stereocenters. The van der Waals surface area contributed by atoms with E-state index in [0.29, 0.717) is 0 Å². The molecule has 0 fully saturated rings. The van der Waals surface area contributed by atoms with Crippen LogP contribution in [-0.2, 0) is 4.79 Å². The van der Waals surface area contributed by atoms with E-state index in [1.807, 2.05) is 0 Å². The standard InChI is InChI=1S/C9H10BrNO2/c10-7-3-1-6(2-4-7)8(5-11)9(12)13/h1-4,8H,5,11H2,(H,12,13)/t8-/m1/s1. The summed E-state index contributed by atoms with van der Waals surface area (Å²) in [5, 5.41) is 8.80. The number of carboxylic acid groups (broad SMARTS) is 1. The van der Waals surface area contributed by atoms with Crippen LogP contribution in [0.5, 0.6) is 0 Å². The average molecular weight is 244 g/mol. The fourth-order valence-corrected chi connectivity index (χ4v) is 1.34. The van der Waals surface area contributed by atoms with Crippen LogP contribution >= 0.6 is 15.9 Å². The molecule has 0 bridgehead atoms. The van der Waals surface area contributed by atoms with Crippen molar-refractivity contribution in [1.29, 1.82) is 0 Å². The molecule has 0 aliphatic rings. The number of halogens is 1. The second-order valence-corrected chi connectivity index (χ2v) is 3.59. The smallest absolute Gasteiger partial charge is 0.312 e. The van der Waals surface area contributed by atoms with Crippen LogP contribution in [0.4, 0.5) is 0 Å². The van der Waals surface area contributed by atoms with Gasteiger partial charge in [0.05, 0.1) is 5.92 Å². The fourth-order valence-electron chi connectivity index (χ4n) is 1.07. The molecule has 1 aromatic rings. The van der Waals surface area contributed by atoms with Crippen LogP contribution in [-0.4, -0.2) is 17.6 Å². The van der Waals surface area contributed by atoms with E-state index in [9.17, 15) is 4.79 Å². The number of hydrogen-bond acceptors (Lipinski definition) is 2. The summed E-state index contributed by atoms with van der Waals surface area (Å²) in [6.07, 6.45) is 0. The average Bonchev–Trinajstić information content (AvgIpc) is 2.09. The summed E-state index contributed by atoms with van der Waals surface area (Å²) in [6, 6.07) is 7.13. The Hall–Kier alpha value is -0.870. The highest BCUT2D eigenvalue weighted by Crippen LogP contribution is 2.17. The van der Waals surface area contributed by atoms with Gasteiger partial charge in [0.2, 0.25) is 0 Å². The Morgan fingerprint density at radius 1 is 1.46 bits per heavy atom. The Labute approximate surface area is 84.7 Å². The number of nitrogens with two attached hydrogens (primary N) is 1. The van der Waals surface area contributed by atoms with Crippen molar-refractivity contribution in [1.82, 2.24) is 0 Å². The minimum atomic E-state index is -0.884. The van der Waals surface area contributed by atoms with Gasteiger partial charge in [0.25, 0.3) is 0 Å². The minimum absolute atomic E-state index is 0.122. The Bertz CT molecular complexity index is 297. The number of carbonyl (C=O) groups is 1. The summed E-state index contributed by atoms with van der Waals surface area (Å²) < 4.78 is 0.928. The largest absolute Gasteiger partial charge is 0.481 e. The van der Waals surface area contributed by atoms with Gasteiger partial charge in [-0.1, -0.05) is 28.1 Å². The summed E-state index contributed by atoms with van der Waals surface area (Å²) in [5.41, 5.74) is 6.09. The molecule has 0 heterocycles. The summed E-state index contributed by atoms with van der Waals surface area (Å²) in [6.45, 7) is 0.122. The van der Waals surface area contributed by atoms with E-state index in [1.54, 1.807) is 24.3 Å². The lowest BCUT2D eigenvalue weighted by molar-refractivity contribution is -0.138. The van der Waals surface area contributed by atoms with Crippen LogP contribution in [0.1, 0.15) is 11.5 Å². The van der Waals surface area contributed by atoms with Crippen molar-refractivity contribution in [3.8, 4) is 0 Å². The number of carboxylic acids is 1. The Morgan fingerprint density at radius 2 is 2.00 bits per heavy atom. The molecular formula is C9H10BrNO2. The first-order valence-corrected chi connectivity index (χ1v) is 4.62. The van der Waals surface area contributed by atoms with Gasteiger partial charge in [0, 0.05) is 11.0 Å². The molecule has 0 saturated heterocycles. The van der Waals surface area contributed by atoms with E-state index < -0.39 is 11.9 Å². The zero-order valence-electron chi connectivity index (χ0n) is 6.90. The topological polar surface area (TPSA) is 63.3 Å². The number of aliphatic carboxylic acids is 1. The van der Waals surface area contributed by atoms with Crippen molar-refractivity contribution in [3.05, 3.63) is 34.3 Å². The van der Waals surface area contributed by atoms with Crippen molar-refractivity contribution in [2.45, 2.75) is 5.92 Å². The lowest BCUT2D eigenvalue weighted by atomic mass is 10.00. The van der Waals surface area contributed by atoms with Crippen molar-refractivity contribution in [2.75, 3.05) is 6.54 Å². The molecule has 70 valence electrons. The van der Waals surface area contributed by atoms with Crippen LogP contribution in [0.15, 0.2) is 28.7 Å². The van der Waals surface area contributed by atoms with E-state index in [2.05, 4.69) is 15.9 Å². The normalized spacial score (nSPS) is 12.5. The molecule has 3 nitrogen and oxygen atoms in total. The summed E-state index contributed by atoms with van der Waals surface area (Å²) in [5.74, 6) is -1.49. The van der Waals surface area contributed by atoms with Gasteiger partial charge in [-0.2, -0.15) is 0 Å². The van der Waals surface area contributed by atoms with E-state index in [1.165, 1.54) is 0 Å². The molecule has 1 aromatic carbocycles. The lowest BCUT2D eigenvalue weighted by Gasteiger charge is -2.09. The summed E-state index contributed by atoms with van der Waals surface area (Å²) in [4.78, 5) is 10.7. The highest BCUT2D eigenvalue weighted by molar-refractivity contribution is 9.10. The number of benzene rings is 1. The van der Waals surface area contributed by atoms with Crippen LogP contribution in [0.3, 0.4) is 0 Å². The molecule has 0 aromatic heterocycles. The maximum Gasteiger partial charge on any atom is 0.312 e. The SMILES string of the molecule is NC[C@@H](C(=O)O)c1ccc(Br)cc1. The van der Waals surface area contributed by atoms with Crippen LogP contribution in [0.25, 0.3) is 0 Å². The molecule has 0 amide bonds. The van der Waals surface area contributed by atoms with E-state index in [4.69, 9.17) is 10.8 Å². The maximum absolute atomic E-state index is 10.7. The highest BCUT2D eigenvalue weighted by atomic mass is 79.9. The van der Waals surface area contributed by atoms with Gasteiger partial charge in [-0.05, 0) is 17.7 Å². The van der Waals surface area contributed by atoms with Crippen LogP contribution < -0.4 is 5.73 Å². The molecule has 0 spiro atoms. The maximum atomic E-state index is 10.7. The monoisotopic (exact) mass is 243 g/mol. The van der Waals surface area contributed by atoms with Gasteiger partial charge >= 0.3 is 5.97 Å². The van der Waals surface area contributed by atoms with Crippen molar-refractivity contribution < 1.29 is 9.90 Å². The molecule has 0 saturated carbocycles. The first-order chi connectivity index (χ1) is 6.15. The molecule has 1 rings (SSSR count). The van der Waals surface area contributed by atoms with Gasteiger partial charge in [0.15, 0.2) is 0 Å². The molecule has 1 atom stereocenters. The lowest BCUT2D eigenvalue weighted by Crippen LogP contribution is -2.20. The van der Waals surface area contributed by atoms with Gasteiger partial charge in [0.1, 0.15) is 0 Å². The van der Waals surface area contributed by atoms with E-state index >= 15 is 0 Å². The Balaban J connectivity index is 2.92. The second-order valence-electron chi connectivity index (χ2n) is 2.68. The van der Waals surface area contributed by atoms with Crippen molar-refractivity contribution in [2.24, 2.45) is 5.73 Å². The van der Waals surface area contributed by atoms with Crippen molar-refractivity contribution >= 4 is 21.9 Å². The molecule has 0 radical (unpaired) electrons. The predicted molar refractivity (Wildman–Crippen MR) is 53.6 cm³/mol. The highest BCUT2D eigenvalue weighted by Gasteiger charge is 2.16. The third kappa shape index (κ3) is 2.54. The van der Waals surface area contributed by atoms with Gasteiger partial charge in [-0.3, -0.25) is 4.79 Å². The third-order valence-electron chi connectivity index (χ3n) is 1.81. The molecule has 0 aliphatic heterocycles. The van der Waals surface area contributed by atoms with Crippen molar-refractivity contribution in [3.63, 3.8) is 0 Å². The first-order valence-electron chi connectivity index (χ1n) is 3.83. The quantitative estimate of drug-likeness (QED) is 0.848. The molecule has 0 aliphatic carbocycles. The molecular weight excluding hydrogens is 234 g/mol. The van der Waals surface area contributed by atoms with Gasteiger partial charge in [-0.25, -0.2) is 0 Å². The zero-order chi connectivity index (χ0) is 9.84. The zero-order valence-corrected chi connectivity index (χ0v) is 8.49. The second kappa shape index (κ2) is 4.39. The fraction of sp³-hybridized carbons (Fsp3) is 0.222. The van der Waals surface area contributed by atoms with E-state index in [-0.39, 0.29) is 6.54 Å². The van der Waals surface area contributed by atoms with E-state index in [0.717, 1.165) is 10.0 Å². The number of rotatable bonds is 3. The van der Waals surface area contributed by atoms with Crippen LogP contribution in [0.2, 0.25) is 0 Å². The third-order valence-corrected chi connectivity index (χ3v) is 2.33. The number of hydrogen-bond donors (Lipinski definition) is 2. The minimum Gasteiger partial charge on any atom is -0.481 e. The first kappa shape index (κ1) is 10.2. The summed E-state index contributed by atoms with van der Waals surface area (Å²) in [7, 11) is 0. The summed E-state index contributed by atoms with van der Waals surface area (Å²) >= 11 is 3.27. The molecule has 13 heavy (non-hydrogen) atoms. The Kier molecular flexibility index (Phi) is 3.45. The predicted octanol–water partition coefficient (Wildman–Crippen LogP) is 1.58. The van der Waals surface area contributed by atoms with Crippen LogP contribution in [0, 0.1) is 0 Å². The Morgan fingerprint density at radius 3 is 2.38 bits per heavy atom.